The monoisotopic (exact) mass is 359 g/mol. The van der Waals surface area contributed by atoms with E-state index in [1.807, 2.05) is 0 Å². The predicted molar refractivity (Wildman–Crippen MR) is 79.4 cm³/mol. The lowest BCUT2D eigenvalue weighted by atomic mass is 10.3. The number of hydrogen-bond acceptors (Lipinski definition) is 4. The van der Waals surface area contributed by atoms with Crippen molar-refractivity contribution >= 4 is 31.8 Å². The molecule has 1 aromatic heterocycles. The highest BCUT2D eigenvalue weighted by atomic mass is 79.9. The Morgan fingerprint density at radius 1 is 1.40 bits per heavy atom. The number of aryl methyl sites for hydroxylation is 1. The van der Waals surface area contributed by atoms with E-state index in [4.69, 9.17) is 4.74 Å². The maximum absolute atomic E-state index is 12.4. The lowest BCUT2D eigenvalue weighted by Gasteiger charge is -2.11. The second-order valence-corrected chi connectivity index (χ2v) is 6.63. The zero-order valence-corrected chi connectivity index (χ0v) is 13.4. The lowest BCUT2D eigenvalue weighted by Crippen LogP contribution is -2.14. The molecule has 6 nitrogen and oxygen atoms in total. The van der Waals surface area contributed by atoms with Crippen molar-refractivity contribution in [3.8, 4) is 5.75 Å². The SMILES string of the molecule is CCOc1ccc(Br)cc1S(=O)(=O)Nc1cc(C)[nH]n1. The number of H-pyrrole nitrogens is 1. The van der Waals surface area contributed by atoms with Crippen LogP contribution < -0.4 is 9.46 Å². The first-order valence-corrected chi connectivity index (χ1v) is 8.17. The minimum atomic E-state index is -3.76. The second kappa shape index (κ2) is 5.84. The Labute approximate surface area is 125 Å². The highest BCUT2D eigenvalue weighted by Crippen LogP contribution is 2.28. The first-order valence-electron chi connectivity index (χ1n) is 5.89. The molecule has 0 unspecified atom stereocenters. The van der Waals surface area contributed by atoms with Gasteiger partial charge >= 0.3 is 0 Å². The molecule has 2 rings (SSSR count). The Balaban J connectivity index is 2.40. The van der Waals surface area contributed by atoms with Gasteiger partial charge in [0.2, 0.25) is 0 Å². The van der Waals surface area contributed by atoms with Gasteiger partial charge in [-0.05, 0) is 32.0 Å². The third kappa shape index (κ3) is 3.31. The van der Waals surface area contributed by atoms with E-state index in [1.165, 1.54) is 6.07 Å². The van der Waals surface area contributed by atoms with Crippen molar-refractivity contribution < 1.29 is 13.2 Å². The fourth-order valence-electron chi connectivity index (χ4n) is 1.63. The Hall–Kier alpha value is -1.54. The van der Waals surface area contributed by atoms with Gasteiger partial charge in [-0.15, -0.1) is 0 Å². The maximum Gasteiger partial charge on any atom is 0.266 e. The smallest absolute Gasteiger partial charge is 0.266 e. The summed E-state index contributed by atoms with van der Waals surface area (Å²) in [4.78, 5) is 0.0642. The average Bonchev–Trinajstić information content (AvgIpc) is 2.76. The van der Waals surface area contributed by atoms with Gasteiger partial charge in [-0.1, -0.05) is 15.9 Å². The molecule has 0 aliphatic heterocycles. The van der Waals surface area contributed by atoms with Gasteiger partial charge in [-0.3, -0.25) is 9.82 Å². The Kier molecular flexibility index (Phi) is 4.34. The van der Waals surface area contributed by atoms with Crippen molar-refractivity contribution in [3.63, 3.8) is 0 Å². The van der Waals surface area contributed by atoms with E-state index in [2.05, 4.69) is 30.8 Å². The lowest BCUT2D eigenvalue weighted by molar-refractivity contribution is 0.331. The van der Waals surface area contributed by atoms with E-state index >= 15 is 0 Å². The molecular weight excluding hydrogens is 346 g/mol. The predicted octanol–water partition coefficient (Wildman–Crippen LogP) is 2.68. The number of nitrogens with one attached hydrogen (secondary N) is 2. The van der Waals surface area contributed by atoms with Crippen molar-refractivity contribution in [3.05, 3.63) is 34.4 Å². The van der Waals surface area contributed by atoms with E-state index in [1.54, 1.807) is 32.0 Å². The molecule has 0 saturated heterocycles. The number of nitrogens with zero attached hydrogens (tertiary/aromatic N) is 1. The van der Waals surface area contributed by atoms with Gasteiger partial charge in [0, 0.05) is 16.2 Å². The minimum Gasteiger partial charge on any atom is -0.492 e. The molecule has 8 heteroatoms. The summed E-state index contributed by atoms with van der Waals surface area (Å²) in [5, 5.41) is 6.53. The molecule has 2 aromatic rings. The van der Waals surface area contributed by atoms with Gasteiger partial charge in [-0.2, -0.15) is 5.10 Å². The third-order valence-corrected chi connectivity index (χ3v) is 4.31. The number of sulfonamides is 1. The second-order valence-electron chi connectivity index (χ2n) is 4.07. The molecule has 0 spiro atoms. The molecule has 0 fully saturated rings. The van der Waals surface area contributed by atoms with Crippen LogP contribution in [0.3, 0.4) is 0 Å². The molecule has 1 heterocycles. The summed E-state index contributed by atoms with van der Waals surface area (Å²) in [5.41, 5.74) is 0.766. The number of ether oxygens (including phenoxy) is 1. The van der Waals surface area contributed by atoms with Crippen LogP contribution >= 0.6 is 15.9 Å². The van der Waals surface area contributed by atoms with Gasteiger partial charge in [0.25, 0.3) is 10.0 Å². The molecule has 0 bridgehead atoms. The van der Waals surface area contributed by atoms with Gasteiger partial charge in [0.1, 0.15) is 10.6 Å². The van der Waals surface area contributed by atoms with Crippen molar-refractivity contribution in [2.45, 2.75) is 18.7 Å². The molecule has 0 radical (unpaired) electrons. The van der Waals surface area contributed by atoms with E-state index in [9.17, 15) is 8.42 Å². The summed E-state index contributed by atoms with van der Waals surface area (Å²) in [6, 6.07) is 6.43. The number of aromatic amines is 1. The zero-order valence-electron chi connectivity index (χ0n) is 11.0. The van der Waals surface area contributed by atoms with Gasteiger partial charge in [0.05, 0.1) is 6.61 Å². The van der Waals surface area contributed by atoms with Crippen LogP contribution in [0.5, 0.6) is 5.75 Å². The summed E-state index contributed by atoms with van der Waals surface area (Å²) in [5.74, 6) is 0.542. The van der Waals surface area contributed by atoms with Crippen LogP contribution in [0, 0.1) is 6.92 Å². The number of halogens is 1. The molecule has 0 aliphatic rings. The van der Waals surface area contributed by atoms with Gasteiger partial charge < -0.3 is 4.74 Å². The van der Waals surface area contributed by atoms with E-state index in [0.717, 1.165) is 5.69 Å². The Morgan fingerprint density at radius 3 is 2.75 bits per heavy atom. The molecule has 0 aliphatic carbocycles. The summed E-state index contributed by atoms with van der Waals surface area (Å²) < 4.78 is 33.2. The van der Waals surface area contributed by atoms with Crippen molar-refractivity contribution in [1.29, 1.82) is 0 Å². The number of hydrogen-bond donors (Lipinski definition) is 2. The molecule has 1 aromatic carbocycles. The normalized spacial score (nSPS) is 11.3. The van der Waals surface area contributed by atoms with Crippen LogP contribution in [0.25, 0.3) is 0 Å². The molecule has 20 heavy (non-hydrogen) atoms. The number of aromatic nitrogens is 2. The zero-order chi connectivity index (χ0) is 14.8. The fraction of sp³-hybridized carbons (Fsp3) is 0.250. The number of rotatable bonds is 5. The maximum atomic E-state index is 12.4. The summed E-state index contributed by atoms with van der Waals surface area (Å²) in [7, 11) is -3.76. The first-order chi connectivity index (χ1) is 9.42. The van der Waals surface area contributed by atoms with Crippen LogP contribution in [0.4, 0.5) is 5.82 Å². The standard InChI is InChI=1S/C12H14BrN3O3S/c1-3-19-10-5-4-9(13)7-11(10)20(17,18)16-12-6-8(2)14-15-12/h4-7H,3H2,1-2H3,(H2,14,15,16). The first kappa shape index (κ1) is 14.9. The topological polar surface area (TPSA) is 84.1 Å². The van der Waals surface area contributed by atoms with Crippen molar-refractivity contribution in [2.24, 2.45) is 0 Å². The molecule has 2 N–H and O–H groups in total. The average molecular weight is 360 g/mol. The molecule has 0 amide bonds. The molecule has 0 atom stereocenters. The van der Waals surface area contributed by atoms with Crippen LogP contribution in [0.15, 0.2) is 33.6 Å². The highest BCUT2D eigenvalue weighted by molar-refractivity contribution is 9.10. The summed E-state index contributed by atoms with van der Waals surface area (Å²) in [6.45, 7) is 3.96. The van der Waals surface area contributed by atoms with Crippen molar-refractivity contribution in [2.75, 3.05) is 11.3 Å². The highest BCUT2D eigenvalue weighted by Gasteiger charge is 2.21. The number of anilines is 1. The summed E-state index contributed by atoms with van der Waals surface area (Å²) >= 11 is 3.26. The van der Waals surface area contributed by atoms with Crippen LogP contribution in [-0.4, -0.2) is 25.2 Å². The molecular formula is C12H14BrN3O3S. The van der Waals surface area contributed by atoms with Crippen molar-refractivity contribution in [1.82, 2.24) is 10.2 Å². The van der Waals surface area contributed by atoms with Crippen LogP contribution in [0.2, 0.25) is 0 Å². The fourth-order valence-corrected chi connectivity index (χ4v) is 3.31. The number of benzene rings is 1. The molecule has 0 saturated carbocycles. The van der Waals surface area contributed by atoms with Gasteiger partial charge in [-0.25, -0.2) is 8.42 Å². The largest absolute Gasteiger partial charge is 0.492 e. The minimum absolute atomic E-state index is 0.0642. The summed E-state index contributed by atoms with van der Waals surface area (Å²) in [6.07, 6.45) is 0. The van der Waals surface area contributed by atoms with Gasteiger partial charge in [0.15, 0.2) is 5.82 Å². The van der Waals surface area contributed by atoms with E-state index in [-0.39, 0.29) is 10.7 Å². The van der Waals surface area contributed by atoms with E-state index < -0.39 is 10.0 Å². The Morgan fingerprint density at radius 2 is 2.15 bits per heavy atom. The quantitative estimate of drug-likeness (QED) is 0.859. The van der Waals surface area contributed by atoms with Crippen LogP contribution in [0.1, 0.15) is 12.6 Å². The van der Waals surface area contributed by atoms with Crippen LogP contribution in [-0.2, 0) is 10.0 Å². The Bertz CT molecular complexity index is 712. The molecule has 108 valence electrons. The third-order valence-electron chi connectivity index (χ3n) is 2.44. The van der Waals surface area contributed by atoms with E-state index in [0.29, 0.717) is 16.8 Å².